The molecule has 0 fully saturated rings. The Hall–Kier alpha value is -3.75. The molecule has 1 aliphatic heterocycles. The van der Waals surface area contributed by atoms with E-state index in [0.717, 1.165) is 17.1 Å². The van der Waals surface area contributed by atoms with Crippen LogP contribution in [-0.2, 0) is 4.84 Å². The highest BCUT2D eigenvalue weighted by Crippen LogP contribution is 2.29. The molecule has 0 bridgehead atoms. The first-order valence-electron chi connectivity index (χ1n) is 8.45. The first kappa shape index (κ1) is 16.7. The minimum atomic E-state index is -0.292. The quantitative estimate of drug-likeness (QED) is 0.708. The molecule has 4 rings (SSSR count). The summed E-state index contributed by atoms with van der Waals surface area (Å²) >= 11 is 0. The van der Waals surface area contributed by atoms with E-state index in [4.69, 9.17) is 19.6 Å². The fourth-order valence-corrected chi connectivity index (χ4v) is 2.66. The van der Waals surface area contributed by atoms with E-state index in [0.29, 0.717) is 17.2 Å². The molecular weight excluding hydrogens is 340 g/mol. The topological polar surface area (TPSA) is 63.5 Å². The van der Waals surface area contributed by atoms with E-state index in [1.54, 1.807) is 18.2 Å². The molecule has 5 nitrogen and oxygen atoms in total. The van der Waals surface area contributed by atoms with Crippen molar-refractivity contribution in [3.05, 3.63) is 102 Å². The van der Waals surface area contributed by atoms with Crippen LogP contribution in [0.25, 0.3) is 0 Å². The summed E-state index contributed by atoms with van der Waals surface area (Å²) in [7, 11) is 0. The van der Waals surface area contributed by atoms with Crippen LogP contribution in [0.5, 0.6) is 17.2 Å². The summed E-state index contributed by atoms with van der Waals surface area (Å²) in [6, 6.07) is 26.4. The van der Waals surface area contributed by atoms with Gasteiger partial charge in [-0.2, -0.15) is 5.26 Å². The molecule has 5 heteroatoms. The lowest BCUT2D eigenvalue weighted by atomic mass is 10.1. The molecule has 3 aromatic rings. The number of hydroxylamine groups is 1. The monoisotopic (exact) mass is 356 g/mol. The van der Waals surface area contributed by atoms with Gasteiger partial charge in [0.15, 0.2) is 0 Å². The summed E-state index contributed by atoms with van der Waals surface area (Å²) in [6.45, 7) is 0. The molecule has 27 heavy (non-hydrogen) atoms. The van der Waals surface area contributed by atoms with E-state index in [2.05, 4.69) is 11.5 Å². The number of nitriles is 1. The lowest BCUT2D eigenvalue weighted by Crippen LogP contribution is -2.12. The third kappa shape index (κ3) is 3.92. The molecule has 0 amide bonds. The van der Waals surface area contributed by atoms with Crippen LogP contribution in [0.3, 0.4) is 0 Å². The molecule has 1 aliphatic rings. The van der Waals surface area contributed by atoms with Gasteiger partial charge in [0.2, 0.25) is 5.88 Å². The summed E-state index contributed by atoms with van der Waals surface area (Å²) in [5.41, 5.74) is 4.18. The summed E-state index contributed by atoms with van der Waals surface area (Å²) in [5.74, 6) is 2.47. The Labute approximate surface area is 157 Å². The number of rotatable bonds is 5. The van der Waals surface area contributed by atoms with Crippen molar-refractivity contribution < 1.29 is 14.3 Å². The predicted molar refractivity (Wildman–Crippen MR) is 99.8 cm³/mol. The molecule has 0 saturated heterocycles. The maximum atomic E-state index is 9.14. The summed E-state index contributed by atoms with van der Waals surface area (Å²) < 4.78 is 11.5. The molecule has 0 spiro atoms. The SMILES string of the molecule is N#Cc1ccccc1OC1=C[C@@H](c2ccc(Oc3ccccc3)cc2)ON1. The van der Waals surface area contributed by atoms with Crippen LogP contribution in [0.1, 0.15) is 17.2 Å². The second kappa shape index (κ2) is 7.65. The van der Waals surface area contributed by atoms with Crippen molar-refractivity contribution in [2.45, 2.75) is 6.10 Å². The van der Waals surface area contributed by atoms with Crippen LogP contribution in [0.4, 0.5) is 0 Å². The molecule has 3 aromatic carbocycles. The van der Waals surface area contributed by atoms with Gasteiger partial charge in [-0.1, -0.05) is 42.5 Å². The van der Waals surface area contributed by atoms with Crippen molar-refractivity contribution in [2.24, 2.45) is 0 Å². The third-order valence-corrected chi connectivity index (χ3v) is 4.00. The van der Waals surface area contributed by atoms with Crippen molar-refractivity contribution in [1.82, 2.24) is 5.48 Å². The van der Waals surface area contributed by atoms with Crippen LogP contribution in [-0.4, -0.2) is 0 Å². The Balaban J connectivity index is 1.44. The van der Waals surface area contributed by atoms with E-state index in [1.807, 2.05) is 66.7 Å². The van der Waals surface area contributed by atoms with Gasteiger partial charge in [0.25, 0.3) is 0 Å². The zero-order chi connectivity index (χ0) is 18.5. The Morgan fingerprint density at radius 2 is 1.52 bits per heavy atom. The molecule has 1 N–H and O–H groups in total. The van der Waals surface area contributed by atoms with Gasteiger partial charge in [0.1, 0.15) is 29.4 Å². The zero-order valence-corrected chi connectivity index (χ0v) is 14.3. The van der Waals surface area contributed by atoms with Gasteiger partial charge in [-0.05, 0) is 42.0 Å². The fraction of sp³-hybridized carbons (Fsp3) is 0.0455. The molecule has 1 atom stereocenters. The molecule has 132 valence electrons. The van der Waals surface area contributed by atoms with Gasteiger partial charge < -0.3 is 9.47 Å². The van der Waals surface area contributed by atoms with E-state index >= 15 is 0 Å². The van der Waals surface area contributed by atoms with E-state index in [-0.39, 0.29) is 6.10 Å². The first-order chi connectivity index (χ1) is 13.3. The van der Waals surface area contributed by atoms with Gasteiger partial charge in [-0.3, -0.25) is 4.84 Å². The highest BCUT2D eigenvalue weighted by Gasteiger charge is 2.20. The number of ether oxygens (including phenoxy) is 2. The van der Waals surface area contributed by atoms with Gasteiger partial charge >= 0.3 is 0 Å². The van der Waals surface area contributed by atoms with E-state index in [1.165, 1.54) is 0 Å². The Morgan fingerprint density at radius 1 is 0.815 bits per heavy atom. The molecular formula is C22H16N2O3. The summed E-state index contributed by atoms with van der Waals surface area (Å²) in [5, 5.41) is 9.14. The predicted octanol–water partition coefficient (Wildman–Crippen LogP) is 4.85. The number of benzene rings is 3. The standard InChI is InChI=1S/C22H16N2O3/c23-15-17-6-4-5-9-20(17)26-22-14-21(27-24-22)16-10-12-19(13-11-16)25-18-7-2-1-3-8-18/h1-14,21,24H/t21-/m0/s1. The maximum Gasteiger partial charge on any atom is 0.216 e. The molecule has 1 heterocycles. The van der Waals surface area contributed by atoms with Crippen molar-refractivity contribution in [1.29, 1.82) is 5.26 Å². The highest BCUT2D eigenvalue weighted by molar-refractivity contribution is 5.43. The fourth-order valence-electron chi connectivity index (χ4n) is 2.66. The zero-order valence-electron chi connectivity index (χ0n) is 14.3. The van der Waals surface area contributed by atoms with Crippen molar-refractivity contribution >= 4 is 0 Å². The van der Waals surface area contributed by atoms with Crippen LogP contribution in [0.15, 0.2) is 90.8 Å². The van der Waals surface area contributed by atoms with Crippen molar-refractivity contribution in [3.8, 4) is 23.3 Å². The van der Waals surface area contributed by atoms with Crippen LogP contribution < -0.4 is 15.0 Å². The molecule has 0 unspecified atom stereocenters. The lowest BCUT2D eigenvalue weighted by Gasteiger charge is -2.09. The second-order valence-electron chi connectivity index (χ2n) is 5.87. The molecule has 0 aromatic heterocycles. The van der Waals surface area contributed by atoms with Crippen LogP contribution >= 0.6 is 0 Å². The number of hydrogen-bond acceptors (Lipinski definition) is 5. The lowest BCUT2D eigenvalue weighted by molar-refractivity contribution is 0.0273. The van der Waals surface area contributed by atoms with E-state index in [9.17, 15) is 0 Å². The largest absolute Gasteiger partial charge is 0.457 e. The number of hydrogen-bond donors (Lipinski definition) is 1. The second-order valence-corrected chi connectivity index (χ2v) is 5.87. The normalized spacial score (nSPS) is 15.4. The Kier molecular flexibility index (Phi) is 4.73. The van der Waals surface area contributed by atoms with E-state index < -0.39 is 0 Å². The average Bonchev–Trinajstić information content (AvgIpc) is 3.18. The smallest absolute Gasteiger partial charge is 0.216 e. The van der Waals surface area contributed by atoms with Gasteiger partial charge in [-0.25, -0.2) is 5.48 Å². The Bertz CT molecular complexity index is 992. The maximum absolute atomic E-state index is 9.14. The molecule has 0 aliphatic carbocycles. The highest BCUT2D eigenvalue weighted by atomic mass is 16.7. The van der Waals surface area contributed by atoms with Crippen LogP contribution in [0.2, 0.25) is 0 Å². The minimum absolute atomic E-state index is 0.292. The minimum Gasteiger partial charge on any atom is -0.457 e. The number of para-hydroxylation sites is 2. The first-order valence-corrected chi connectivity index (χ1v) is 8.45. The van der Waals surface area contributed by atoms with Gasteiger partial charge in [0, 0.05) is 6.08 Å². The number of nitrogens with one attached hydrogen (secondary N) is 1. The number of nitrogens with zero attached hydrogens (tertiary/aromatic N) is 1. The summed E-state index contributed by atoms with van der Waals surface area (Å²) in [6.07, 6.45) is 1.53. The summed E-state index contributed by atoms with van der Waals surface area (Å²) in [4.78, 5) is 5.56. The van der Waals surface area contributed by atoms with Gasteiger partial charge in [0.05, 0.1) is 5.56 Å². The average molecular weight is 356 g/mol. The van der Waals surface area contributed by atoms with Crippen LogP contribution in [0, 0.1) is 11.3 Å². The molecule has 0 radical (unpaired) electrons. The third-order valence-electron chi connectivity index (χ3n) is 4.00. The Morgan fingerprint density at radius 3 is 2.30 bits per heavy atom. The van der Waals surface area contributed by atoms with Crippen molar-refractivity contribution in [3.63, 3.8) is 0 Å². The molecule has 0 saturated carbocycles. The van der Waals surface area contributed by atoms with Crippen molar-refractivity contribution in [2.75, 3.05) is 0 Å². The van der Waals surface area contributed by atoms with Gasteiger partial charge in [-0.15, -0.1) is 0 Å².